The molecule has 0 saturated heterocycles. The van der Waals surface area contributed by atoms with E-state index in [2.05, 4.69) is 0 Å². The maximum absolute atomic E-state index is 12.9. The molecule has 0 aliphatic heterocycles. The lowest BCUT2D eigenvalue weighted by Gasteiger charge is -2.26. The Morgan fingerprint density at radius 2 is 2.00 bits per heavy atom. The van der Waals surface area contributed by atoms with Crippen molar-refractivity contribution in [1.82, 2.24) is 4.57 Å². The van der Waals surface area contributed by atoms with E-state index in [-0.39, 0.29) is 34.2 Å². The summed E-state index contributed by atoms with van der Waals surface area (Å²) in [7, 11) is 0. The van der Waals surface area contributed by atoms with Gasteiger partial charge in [-0.15, -0.1) is 0 Å². The van der Waals surface area contributed by atoms with Crippen LogP contribution in [0.1, 0.15) is 59.6 Å². The summed E-state index contributed by atoms with van der Waals surface area (Å²) in [4.78, 5) is 36.1. The van der Waals surface area contributed by atoms with E-state index in [1.54, 1.807) is 0 Å². The summed E-state index contributed by atoms with van der Waals surface area (Å²) in [5, 5.41) is 31.4. The van der Waals surface area contributed by atoms with Crippen molar-refractivity contribution in [3.05, 3.63) is 61.4 Å². The summed E-state index contributed by atoms with van der Waals surface area (Å²) in [6, 6.07) is 7.17. The molecular formula is C21H21N3O6. The van der Waals surface area contributed by atoms with Crippen LogP contribution in [-0.4, -0.2) is 27.0 Å². The van der Waals surface area contributed by atoms with Crippen molar-refractivity contribution in [1.29, 1.82) is 5.26 Å². The first-order chi connectivity index (χ1) is 14.4. The number of nitrogens with zero attached hydrogens (tertiary/aromatic N) is 3. The normalized spacial score (nSPS) is 14.1. The first-order valence-corrected chi connectivity index (χ1v) is 9.64. The molecule has 156 valence electrons. The molecule has 1 saturated carbocycles. The molecule has 0 amide bonds. The summed E-state index contributed by atoms with van der Waals surface area (Å²) in [5.41, 5.74) is -1.21. The van der Waals surface area contributed by atoms with Gasteiger partial charge in [0.05, 0.1) is 10.5 Å². The van der Waals surface area contributed by atoms with Gasteiger partial charge in [-0.25, -0.2) is 0 Å². The van der Waals surface area contributed by atoms with E-state index >= 15 is 0 Å². The number of carbonyl (C=O) groups excluding carboxylic acids is 1. The van der Waals surface area contributed by atoms with Crippen LogP contribution < -0.4 is 10.3 Å². The highest BCUT2D eigenvalue weighted by atomic mass is 16.6. The number of nitriles is 1. The average molecular weight is 411 g/mol. The molecule has 1 aromatic heterocycles. The Morgan fingerprint density at radius 3 is 2.63 bits per heavy atom. The van der Waals surface area contributed by atoms with Gasteiger partial charge in [-0.3, -0.25) is 24.3 Å². The molecule has 30 heavy (non-hydrogen) atoms. The highest BCUT2D eigenvalue weighted by molar-refractivity contribution is 6.01. The maximum Gasteiger partial charge on any atom is 0.310 e. The van der Waals surface area contributed by atoms with Gasteiger partial charge in [-0.2, -0.15) is 5.26 Å². The van der Waals surface area contributed by atoms with Gasteiger partial charge in [0, 0.05) is 12.1 Å². The molecule has 1 aromatic carbocycles. The zero-order chi connectivity index (χ0) is 21.8. The third-order valence-corrected chi connectivity index (χ3v) is 5.39. The molecule has 1 N–H and O–H groups in total. The Balaban J connectivity index is 1.99. The lowest BCUT2D eigenvalue weighted by molar-refractivity contribution is -0.385. The Bertz CT molecular complexity index is 1090. The van der Waals surface area contributed by atoms with Crippen molar-refractivity contribution in [2.24, 2.45) is 0 Å². The number of aromatic nitrogens is 1. The van der Waals surface area contributed by atoms with Gasteiger partial charge in [0.25, 0.3) is 5.56 Å². The predicted molar refractivity (Wildman–Crippen MR) is 107 cm³/mol. The van der Waals surface area contributed by atoms with Crippen LogP contribution in [0.4, 0.5) is 5.69 Å². The first kappa shape index (κ1) is 21.0. The van der Waals surface area contributed by atoms with Crippen molar-refractivity contribution in [3.8, 4) is 17.7 Å². The largest absolute Gasteiger partial charge is 0.494 e. The fraction of sp³-hybridized carbons (Fsp3) is 0.381. The number of hydrogen-bond acceptors (Lipinski definition) is 7. The number of carbonyl (C=O) groups is 1. The third kappa shape index (κ3) is 3.89. The lowest BCUT2D eigenvalue weighted by atomic mass is 9.93. The summed E-state index contributed by atoms with van der Waals surface area (Å²) < 4.78 is 6.48. The van der Waals surface area contributed by atoms with Crippen LogP contribution in [-0.2, 0) is 0 Å². The van der Waals surface area contributed by atoms with E-state index in [0.717, 1.165) is 23.8 Å². The Hall–Kier alpha value is -3.67. The van der Waals surface area contributed by atoms with E-state index in [4.69, 9.17) is 4.74 Å². The number of rotatable bonds is 6. The molecule has 1 fully saturated rings. The Morgan fingerprint density at radius 1 is 1.33 bits per heavy atom. The number of para-hydroxylation sites is 2. The molecule has 3 rings (SSSR count). The van der Waals surface area contributed by atoms with Gasteiger partial charge in [0.15, 0.2) is 12.4 Å². The maximum atomic E-state index is 12.9. The standard InChI is InChI=1S/C21H21N3O6/c1-13-15(11-22)20(26)23(14-7-3-2-4-8-14)21(27)19(13)17(25)12-30-18-10-6-5-9-16(18)24(28)29/h5-6,9-10,14,27H,2-4,7-8,12H2,1H3. The van der Waals surface area contributed by atoms with Crippen molar-refractivity contribution < 1.29 is 19.6 Å². The number of nitro groups is 1. The predicted octanol–water partition coefficient (Wildman–Crippen LogP) is 3.41. The summed E-state index contributed by atoms with van der Waals surface area (Å²) >= 11 is 0. The Labute approximate surface area is 172 Å². The van der Waals surface area contributed by atoms with Gasteiger partial charge in [-0.1, -0.05) is 31.4 Å². The topological polar surface area (TPSA) is 135 Å². The molecule has 0 spiro atoms. The summed E-state index contributed by atoms with van der Waals surface area (Å²) in [5.74, 6) is -1.25. The highest BCUT2D eigenvalue weighted by Gasteiger charge is 2.28. The van der Waals surface area contributed by atoms with Crippen LogP contribution in [0.5, 0.6) is 11.6 Å². The SMILES string of the molecule is Cc1c(C(=O)COc2ccccc2[N+](=O)[O-])c(O)n(C2CCCCC2)c(=O)c1C#N. The van der Waals surface area contributed by atoms with E-state index in [1.165, 1.54) is 31.2 Å². The van der Waals surface area contributed by atoms with E-state index in [0.29, 0.717) is 12.8 Å². The zero-order valence-corrected chi connectivity index (χ0v) is 16.5. The Kier molecular flexibility index (Phi) is 6.16. The minimum atomic E-state index is -0.677. The zero-order valence-electron chi connectivity index (χ0n) is 16.5. The van der Waals surface area contributed by atoms with Gasteiger partial charge >= 0.3 is 5.69 Å². The fourth-order valence-electron chi connectivity index (χ4n) is 3.88. The molecule has 0 radical (unpaired) electrons. The molecule has 9 nitrogen and oxygen atoms in total. The van der Waals surface area contributed by atoms with Gasteiger partial charge in [0.2, 0.25) is 11.7 Å². The smallest absolute Gasteiger partial charge is 0.310 e. The van der Waals surface area contributed by atoms with Crippen LogP contribution in [0.15, 0.2) is 29.1 Å². The van der Waals surface area contributed by atoms with Crippen LogP contribution in [0.25, 0.3) is 0 Å². The molecule has 0 bridgehead atoms. The number of ketones is 1. The quantitative estimate of drug-likeness (QED) is 0.437. The summed E-state index contributed by atoms with van der Waals surface area (Å²) in [6.45, 7) is 0.829. The molecular weight excluding hydrogens is 390 g/mol. The second-order valence-corrected chi connectivity index (χ2v) is 7.21. The fourth-order valence-corrected chi connectivity index (χ4v) is 3.88. The van der Waals surface area contributed by atoms with Crippen LogP contribution in [0.3, 0.4) is 0 Å². The molecule has 0 unspecified atom stereocenters. The lowest BCUT2D eigenvalue weighted by Crippen LogP contribution is -2.31. The minimum absolute atomic E-state index is 0.0724. The van der Waals surface area contributed by atoms with Crippen LogP contribution in [0, 0.1) is 28.4 Å². The number of Topliss-reactive ketones (excluding diaryl/α,β-unsaturated/α-hetero) is 1. The van der Waals surface area contributed by atoms with E-state index in [1.807, 2.05) is 6.07 Å². The van der Waals surface area contributed by atoms with Crippen molar-refractivity contribution in [2.45, 2.75) is 45.1 Å². The van der Waals surface area contributed by atoms with E-state index < -0.39 is 28.8 Å². The second-order valence-electron chi connectivity index (χ2n) is 7.21. The molecule has 1 aliphatic carbocycles. The van der Waals surface area contributed by atoms with Crippen molar-refractivity contribution in [3.63, 3.8) is 0 Å². The van der Waals surface area contributed by atoms with Crippen LogP contribution >= 0.6 is 0 Å². The molecule has 1 heterocycles. The monoisotopic (exact) mass is 411 g/mol. The number of nitro benzene ring substituents is 1. The number of ether oxygens (including phenoxy) is 1. The second kappa shape index (κ2) is 8.78. The van der Waals surface area contributed by atoms with E-state index in [9.17, 15) is 30.1 Å². The highest BCUT2D eigenvalue weighted by Crippen LogP contribution is 2.33. The molecule has 1 aliphatic rings. The molecule has 9 heteroatoms. The first-order valence-electron chi connectivity index (χ1n) is 9.64. The van der Waals surface area contributed by atoms with Gasteiger partial charge < -0.3 is 9.84 Å². The van der Waals surface area contributed by atoms with Crippen molar-refractivity contribution >= 4 is 11.5 Å². The number of hydrogen-bond donors (Lipinski definition) is 1. The number of pyridine rings is 1. The third-order valence-electron chi connectivity index (χ3n) is 5.39. The number of benzene rings is 1. The van der Waals surface area contributed by atoms with Gasteiger partial charge in [0.1, 0.15) is 11.6 Å². The number of aromatic hydroxyl groups is 1. The van der Waals surface area contributed by atoms with Crippen LogP contribution in [0.2, 0.25) is 0 Å². The van der Waals surface area contributed by atoms with Gasteiger partial charge in [-0.05, 0) is 31.4 Å². The average Bonchev–Trinajstić information content (AvgIpc) is 2.73. The van der Waals surface area contributed by atoms with Crippen molar-refractivity contribution in [2.75, 3.05) is 6.61 Å². The molecule has 2 aromatic rings. The minimum Gasteiger partial charge on any atom is -0.494 e. The summed E-state index contributed by atoms with van der Waals surface area (Å²) in [6.07, 6.45) is 4.13. The molecule has 0 atom stereocenters.